The smallest absolute Gasteiger partial charge is 0.0704 e. The second-order valence-electron chi connectivity index (χ2n) is 10.8. The molecule has 212 valence electrons. The van der Waals surface area contributed by atoms with Gasteiger partial charge in [-0.25, -0.2) is 0 Å². The van der Waals surface area contributed by atoms with Gasteiger partial charge in [0.15, 0.2) is 0 Å². The lowest BCUT2D eigenvalue weighted by Gasteiger charge is -2.32. The fraction of sp³-hybridized carbons (Fsp3) is 0.697. The van der Waals surface area contributed by atoms with Gasteiger partial charge in [-0.3, -0.25) is 0 Å². The minimum absolute atomic E-state index is 0.287. The normalized spacial score (nSPS) is 17.0. The molecule has 0 atom stereocenters. The van der Waals surface area contributed by atoms with Crippen LogP contribution in [0.1, 0.15) is 92.9 Å². The predicted molar refractivity (Wildman–Crippen MR) is 158 cm³/mol. The highest BCUT2D eigenvalue weighted by atomic mass is 16.6. The van der Waals surface area contributed by atoms with E-state index in [4.69, 9.17) is 18.9 Å². The summed E-state index contributed by atoms with van der Waals surface area (Å²) in [5.41, 5.74) is 5.78. The van der Waals surface area contributed by atoms with Gasteiger partial charge in [-0.15, -0.1) is 0 Å². The third-order valence-electron chi connectivity index (χ3n) is 6.81. The van der Waals surface area contributed by atoms with E-state index in [1.54, 1.807) is 0 Å². The molecule has 1 aliphatic rings. The lowest BCUT2D eigenvalue weighted by atomic mass is 9.72. The maximum atomic E-state index is 5.65. The van der Waals surface area contributed by atoms with E-state index in [-0.39, 0.29) is 5.41 Å². The van der Waals surface area contributed by atoms with Crippen LogP contribution in [0.2, 0.25) is 0 Å². The molecule has 1 aliphatic carbocycles. The third-order valence-corrected chi connectivity index (χ3v) is 6.81. The van der Waals surface area contributed by atoms with Crippen LogP contribution in [0.5, 0.6) is 0 Å². The summed E-state index contributed by atoms with van der Waals surface area (Å²) in [5, 5.41) is 0. The van der Waals surface area contributed by atoms with Gasteiger partial charge in [0.05, 0.1) is 46.2 Å². The van der Waals surface area contributed by atoms with Gasteiger partial charge in [0, 0.05) is 6.61 Å². The Labute approximate surface area is 228 Å². The molecule has 37 heavy (non-hydrogen) atoms. The van der Waals surface area contributed by atoms with Gasteiger partial charge in [-0.1, -0.05) is 99.6 Å². The zero-order valence-electron chi connectivity index (χ0n) is 24.9. The van der Waals surface area contributed by atoms with Crippen LogP contribution < -0.4 is 0 Å². The monoisotopic (exact) mass is 516 g/mol. The van der Waals surface area contributed by atoms with Gasteiger partial charge in [0.1, 0.15) is 0 Å². The molecule has 0 saturated heterocycles. The average molecular weight is 517 g/mol. The summed E-state index contributed by atoms with van der Waals surface area (Å²) in [6, 6.07) is 0. The van der Waals surface area contributed by atoms with Crippen molar-refractivity contribution in [3.05, 3.63) is 58.7 Å². The van der Waals surface area contributed by atoms with Crippen molar-refractivity contribution in [1.82, 2.24) is 0 Å². The number of allylic oxidation sites excluding steroid dienone is 9. The quantitative estimate of drug-likeness (QED) is 0.113. The van der Waals surface area contributed by atoms with Crippen LogP contribution >= 0.6 is 0 Å². The molecule has 4 heteroatoms. The van der Waals surface area contributed by atoms with Crippen molar-refractivity contribution in [2.24, 2.45) is 5.41 Å². The summed E-state index contributed by atoms with van der Waals surface area (Å²) in [6.45, 7) is 18.6. The highest BCUT2D eigenvalue weighted by molar-refractivity contribution is 5.37. The van der Waals surface area contributed by atoms with Gasteiger partial charge in [-0.05, 0) is 57.4 Å². The molecule has 1 rings (SSSR count). The first-order valence-corrected chi connectivity index (χ1v) is 14.6. The number of ether oxygens (including phenoxy) is 4. The molecule has 0 radical (unpaired) electrons. The van der Waals surface area contributed by atoms with Crippen molar-refractivity contribution in [2.75, 3.05) is 52.9 Å². The lowest BCUT2D eigenvalue weighted by Crippen LogP contribution is -2.19. The van der Waals surface area contributed by atoms with Crippen LogP contribution in [-0.2, 0) is 18.9 Å². The van der Waals surface area contributed by atoms with Gasteiger partial charge >= 0.3 is 0 Å². The standard InChI is InChI=1S/C33H56O4/c1-7-8-9-10-11-21-34-23-25-36-27-28-37-26-24-35-22-19-30(3)15-12-14-29(2)17-18-32-31(4)16-13-20-33(32,5)6/h12,14-15,17-19H,7-11,13,16,20-28H2,1-6H3/b15-12+,18-17+,29-14+,30-19+. The van der Waals surface area contributed by atoms with Crippen molar-refractivity contribution in [1.29, 1.82) is 0 Å². The van der Waals surface area contributed by atoms with Crippen molar-refractivity contribution in [2.45, 2.75) is 92.9 Å². The van der Waals surface area contributed by atoms with E-state index in [1.807, 2.05) is 0 Å². The summed E-state index contributed by atoms with van der Waals surface area (Å²) in [6.07, 6.45) is 23.2. The van der Waals surface area contributed by atoms with Gasteiger partial charge in [0.2, 0.25) is 0 Å². The van der Waals surface area contributed by atoms with Crippen LogP contribution in [-0.4, -0.2) is 52.9 Å². The molecule has 0 aromatic heterocycles. The topological polar surface area (TPSA) is 36.9 Å². The van der Waals surface area contributed by atoms with Crippen LogP contribution in [0.4, 0.5) is 0 Å². The van der Waals surface area contributed by atoms with Crippen LogP contribution in [0.3, 0.4) is 0 Å². The molecular weight excluding hydrogens is 460 g/mol. The second-order valence-corrected chi connectivity index (χ2v) is 10.8. The Balaban J connectivity index is 2.05. The molecule has 0 fully saturated rings. The van der Waals surface area contributed by atoms with Gasteiger partial charge < -0.3 is 18.9 Å². The van der Waals surface area contributed by atoms with E-state index in [0.717, 1.165) is 13.0 Å². The molecule has 0 heterocycles. The van der Waals surface area contributed by atoms with Gasteiger partial charge in [0.25, 0.3) is 0 Å². The highest BCUT2D eigenvalue weighted by Crippen LogP contribution is 2.40. The fourth-order valence-corrected chi connectivity index (χ4v) is 4.44. The summed E-state index contributed by atoms with van der Waals surface area (Å²) in [4.78, 5) is 0. The number of hydrogen-bond acceptors (Lipinski definition) is 4. The lowest BCUT2D eigenvalue weighted by molar-refractivity contribution is 0.000491. The Morgan fingerprint density at radius 1 is 0.784 bits per heavy atom. The summed E-state index contributed by atoms with van der Waals surface area (Å²) < 4.78 is 22.3. The number of hydrogen-bond donors (Lipinski definition) is 0. The highest BCUT2D eigenvalue weighted by Gasteiger charge is 2.26. The second kappa shape index (κ2) is 21.5. The Kier molecular flexibility index (Phi) is 19.5. The molecule has 0 spiro atoms. The van der Waals surface area contributed by atoms with Crippen LogP contribution in [0.25, 0.3) is 0 Å². The molecule has 0 saturated carbocycles. The maximum absolute atomic E-state index is 5.65. The molecule has 0 unspecified atom stereocenters. The first-order chi connectivity index (χ1) is 17.9. The van der Waals surface area contributed by atoms with E-state index in [1.165, 1.54) is 67.2 Å². The van der Waals surface area contributed by atoms with E-state index in [2.05, 4.69) is 78.0 Å². The minimum Gasteiger partial charge on any atom is -0.379 e. The Morgan fingerprint density at radius 2 is 1.41 bits per heavy atom. The van der Waals surface area contributed by atoms with Crippen molar-refractivity contribution < 1.29 is 18.9 Å². The fourth-order valence-electron chi connectivity index (χ4n) is 4.44. The Bertz CT molecular complexity index is 739. The largest absolute Gasteiger partial charge is 0.379 e. The zero-order valence-corrected chi connectivity index (χ0v) is 24.9. The van der Waals surface area contributed by atoms with Crippen molar-refractivity contribution >= 4 is 0 Å². The molecule has 0 bridgehead atoms. The zero-order chi connectivity index (χ0) is 27.2. The summed E-state index contributed by atoms with van der Waals surface area (Å²) >= 11 is 0. The number of rotatable bonds is 21. The first-order valence-electron chi connectivity index (χ1n) is 14.6. The molecule has 0 aromatic carbocycles. The van der Waals surface area contributed by atoms with Gasteiger partial charge in [-0.2, -0.15) is 0 Å². The third kappa shape index (κ3) is 17.6. The summed E-state index contributed by atoms with van der Waals surface area (Å²) in [5.74, 6) is 0. The minimum atomic E-state index is 0.287. The van der Waals surface area contributed by atoms with E-state index in [9.17, 15) is 0 Å². The maximum Gasteiger partial charge on any atom is 0.0704 e. The van der Waals surface area contributed by atoms with Crippen molar-refractivity contribution in [3.63, 3.8) is 0 Å². The molecule has 0 aliphatic heterocycles. The average Bonchev–Trinajstić information content (AvgIpc) is 2.85. The number of unbranched alkanes of at least 4 members (excludes halogenated alkanes) is 4. The van der Waals surface area contributed by atoms with Crippen LogP contribution in [0, 0.1) is 5.41 Å². The Hall–Kier alpha value is -1.46. The predicted octanol–water partition coefficient (Wildman–Crippen LogP) is 8.55. The molecule has 0 aromatic rings. The van der Waals surface area contributed by atoms with Crippen molar-refractivity contribution in [3.8, 4) is 0 Å². The van der Waals surface area contributed by atoms with E-state index in [0.29, 0.717) is 46.2 Å². The molecule has 0 N–H and O–H groups in total. The van der Waals surface area contributed by atoms with Crippen LogP contribution in [0.15, 0.2) is 58.7 Å². The van der Waals surface area contributed by atoms with E-state index < -0.39 is 0 Å². The molecule has 0 amide bonds. The van der Waals surface area contributed by atoms with E-state index >= 15 is 0 Å². The first kappa shape index (κ1) is 33.6. The summed E-state index contributed by atoms with van der Waals surface area (Å²) in [7, 11) is 0. The molecule has 4 nitrogen and oxygen atoms in total. The Morgan fingerprint density at radius 3 is 2.05 bits per heavy atom. The SMILES string of the molecule is CCCCCCCOCCOCCOCCOC/C=C(C)/C=C/C=C(C)/C=C/C1=C(C)CCCC1(C)C. The molecular formula is C33H56O4.